The summed E-state index contributed by atoms with van der Waals surface area (Å²) >= 11 is 1.83. The van der Waals surface area contributed by atoms with E-state index in [1.807, 2.05) is 23.5 Å². The van der Waals surface area contributed by atoms with E-state index in [-0.39, 0.29) is 0 Å². The van der Waals surface area contributed by atoms with Gasteiger partial charge in [0.2, 0.25) is 0 Å². The van der Waals surface area contributed by atoms with E-state index in [0.717, 1.165) is 44.8 Å². The van der Waals surface area contributed by atoms with Crippen LogP contribution in [-0.4, -0.2) is 19.1 Å². The van der Waals surface area contributed by atoms with Crippen LogP contribution in [0.1, 0.15) is 0 Å². The summed E-state index contributed by atoms with van der Waals surface area (Å²) in [6, 6.07) is 61.2. The molecule has 0 bridgehead atoms. The molecule has 0 fully saturated rings. The summed E-state index contributed by atoms with van der Waals surface area (Å²) in [5.41, 5.74) is 9.37. The molecule has 246 valence electrons. The van der Waals surface area contributed by atoms with Gasteiger partial charge in [0.05, 0.1) is 33.1 Å². The lowest BCUT2D eigenvalue weighted by atomic mass is 10.0. The first-order valence-corrected chi connectivity index (χ1v) is 18.7. The Bertz CT molecular complexity index is 3420. The predicted octanol–water partition coefficient (Wildman–Crippen LogP) is 13.0. The van der Waals surface area contributed by atoms with E-state index in [0.29, 0.717) is 0 Å². The number of para-hydroxylation sites is 4. The van der Waals surface area contributed by atoms with Crippen molar-refractivity contribution in [2.75, 3.05) is 0 Å². The molecule has 5 heteroatoms. The Balaban J connectivity index is 1.19. The Hall–Kier alpha value is -6.82. The molecule has 0 saturated heterocycles. The van der Waals surface area contributed by atoms with Crippen molar-refractivity contribution in [3.63, 3.8) is 0 Å². The second-order valence-electron chi connectivity index (χ2n) is 13.8. The minimum absolute atomic E-state index is 0.823. The van der Waals surface area contributed by atoms with Crippen LogP contribution in [0.5, 0.6) is 0 Å². The molecule has 4 aromatic heterocycles. The van der Waals surface area contributed by atoms with Crippen LogP contribution in [0.15, 0.2) is 170 Å². The lowest BCUT2D eigenvalue weighted by Crippen LogP contribution is -2.04. The Morgan fingerprint density at radius 2 is 1.02 bits per heavy atom. The molecule has 0 aliphatic carbocycles. The molecule has 0 spiro atoms. The number of fused-ring (bicyclic) bond motifs is 12. The number of nitrogens with zero attached hydrogens (tertiary/aromatic N) is 4. The van der Waals surface area contributed by atoms with Crippen LogP contribution in [0.25, 0.3) is 108 Å². The van der Waals surface area contributed by atoms with Crippen molar-refractivity contribution < 1.29 is 0 Å². The molecule has 4 heterocycles. The fraction of sp³-hybridized carbons (Fsp3) is 0. The first-order chi connectivity index (χ1) is 26.3. The number of rotatable bonds is 3. The topological polar surface area (TPSA) is 35.6 Å². The van der Waals surface area contributed by atoms with Crippen molar-refractivity contribution in [1.82, 2.24) is 19.1 Å². The normalized spacial score (nSPS) is 12.2. The van der Waals surface area contributed by atoms with Crippen LogP contribution in [0, 0.1) is 0 Å². The molecule has 4 nitrogen and oxygen atoms in total. The van der Waals surface area contributed by atoms with Crippen LogP contribution < -0.4 is 0 Å². The molecular weight excluding hydrogens is 665 g/mol. The average molecular weight is 693 g/mol. The van der Waals surface area contributed by atoms with Gasteiger partial charge >= 0.3 is 0 Å². The number of thiophene rings is 1. The third-order valence-electron chi connectivity index (χ3n) is 10.9. The summed E-state index contributed by atoms with van der Waals surface area (Å²) in [6.07, 6.45) is 0. The summed E-state index contributed by atoms with van der Waals surface area (Å²) in [5.74, 6) is 0.823. The van der Waals surface area contributed by atoms with E-state index in [1.54, 1.807) is 0 Å². The monoisotopic (exact) mass is 692 g/mol. The van der Waals surface area contributed by atoms with E-state index >= 15 is 0 Å². The van der Waals surface area contributed by atoms with Crippen molar-refractivity contribution in [2.24, 2.45) is 0 Å². The van der Waals surface area contributed by atoms with Crippen LogP contribution in [-0.2, 0) is 0 Å². The molecule has 12 rings (SSSR count). The van der Waals surface area contributed by atoms with Gasteiger partial charge in [-0.3, -0.25) is 4.57 Å². The molecule has 12 aromatic rings. The minimum Gasteiger partial charge on any atom is -0.309 e. The Morgan fingerprint density at radius 1 is 0.396 bits per heavy atom. The Morgan fingerprint density at radius 3 is 1.83 bits per heavy atom. The molecule has 0 aliphatic rings. The first kappa shape index (κ1) is 28.8. The molecule has 0 saturated carbocycles. The zero-order chi connectivity index (χ0) is 34.6. The number of aromatic nitrogens is 4. The molecule has 0 amide bonds. The van der Waals surface area contributed by atoms with Crippen molar-refractivity contribution in [3.8, 4) is 22.8 Å². The number of hydrogen-bond acceptors (Lipinski definition) is 3. The van der Waals surface area contributed by atoms with Crippen LogP contribution in [0.3, 0.4) is 0 Å². The van der Waals surface area contributed by atoms with Crippen molar-refractivity contribution >= 4 is 96.9 Å². The van der Waals surface area contributed by atoms with Gasteiger partial charge in [0.15, 0.2) is 5.82 Å². The molecular formula is C48H28N4S. The summed E-state index contributed by atoms with van der Waals surface area (Å²) in [7, 11) is 0. The molecule has 0 unspecified atom stereocenters. The maximum atomic E-state index is 5.45. The predicted molar refractivity (Wildman–Crippen MR) is 224 cm³/mol. The van der Waals surface area contributed by atoms with E-state index in [1.165, 1.54) is 63.5 Å². The molecule has 53 heavy (non-hydrogen) atoms. The van der Waals surface area contributed by atoms with Gasteiger partial charge < -0.3 is 4.57 Å². The number of benzene rings is 8. The van der Waals surface area contributed by atoms with E-state index < -0.39 is 0 Å². The summed E-state index contributed by atoms with van der Waals surface area (Å²) < 4.78 is 7.28. The minimum atomic E-state index is 0.823. The van der Waals surface area contributed by atoms with Gasteiger partial charge in [-0.25, -0.2) is 9.97 Å². The summed E-state index contributed by atoms with van der Waals surface area (Å²) in [5, 5.41) is 9.88. The first-order valence-electron chi connectivity index (χ1n) is 17.9. The lowest BCUT2D eigenvalue weighted by molar-refractivity contribution is 1.08. The lowest BCUT2D eigenvalue weighted by Gasteiger charge is -2.14. The van der Waals surface area contributed by atoms with Crippen molar-refractivity contribution in [3.05, 3.63) is 170 Å². The van der Waals surface area contributed by atoms with Crippen LogP contribution in [0.4, 0.5) is 0 Å². The van der Waals surface area contributed by atoms with Gasteiger partial charge in [-0.1, -0.05) is 109 Å². The van der Waals surface area contributed by atoms with Gasteiger partial charge in [0.1, 0.15) is 5.69 Å². The largest absolute Gasteiger partial charge is 0.309 e. The van der Waals surface area contributed by atoms with Crippen LogP contribution in [0.2, 0.25) is 0 Å². The maximum Gasteiger partial charge on any atom is 0.165 e. The van der Waals surface area contributed by atoms with Gasteiger partial charge in [0.25, 0.3) is 0 Å². The average Bonchev–Trinajstić information content (AvgIpc) is 3.87. The Labute approximate surface area is 307 Å². The molecule has 0 aliphatic heterocycles. The zero-order valence-corrected chi connectivity index (χ0v) is 29.2. The highest BCUT2D eigenvalue weighted by Gasteiger charge is 2.22. The second-order valence-corrected chi connectivity index (χ2v) is 14.9. The molecule has 0 radical (unpaired) electrons. The van der Waals surface area contributed by atoms with Gasteiger partial charge in [0, 0.05) is 53.0 Å². The van der Waals surface area contributed by atoms with Crippen molar-refractivity contribution in [2.45, 2.75) is 0 Å². The van der Waals surface area contributed by atoms with Crippen molar-refractivity contribution in [1.29, 1.82) is 0 Å². The van der Waals surface area contributed by atoms with E-state index in [9.17, 15) is 0 Å². The smallest absolute Gasteiger partial charge is 0.165 e. The number of hydrogen-bond donors (Lipinski definition) is 0. The highest BCUT2D eigenvalue weighted by atomic mass is 32.1. The second kappa shape index (κ2) is 10.8. The highest BCUT2D eigenvalue weighted by Crippen LogP contribution is 2.42. The van der Waals surface area contributed by atoms with Gasteiger partial charge in [-0.15, -0.1) is 11.3 Å². The fourth-order valence-corrected chi connectivity index (χ4v) is 9.71. The summed E-state index contributed by atoms with van der Waals surface area (Å²) in [4.78, 5) is 10.8. The SMILES string of the molecule is c1ccc2c(c1)ccc1c2c2cc(-n3c4ccccc4c4ccccc43)ccc2n1-c1nc2ccccc2nc1-c1ccc2c(c1)sc1ccccc12. The Kier molecular flexibility index (Phi) is 5.90. The molecule has 0 N–H and O–H groups in total. The quantitative estimate of drug-likeness (QED) is 0.185. The zero-order valence-electron chi connectivity index (χ0n) is 28.4. The highest BCUT2D eigenvalue weighted by molar-refractivity contribution is 7.25. The van der Waals surface area contributed by atoms with E-state index in [2.05, 4.69) is 167 Å². The fourth-order valence-electron chi connectivity index (χ4n) is 8.56. The van der Waals surface area contributed by atoms with Gasteiger partial charge in [-0.2, -0.15) is 0 Å². The van der Waals surface area contributed by atoms with Gasteiger partial charge in [-0.05, 0) is 71.4 Å². The third kappa shape index (κ3) is 4.11. The third-order valence-corrected chi connectivity index (χ3v) is 12.0. The van der Waals surface area contributed by atoms with Crippen LogP contribution >= 0.6 is 11.3 Å². The molecule has 8 aromatic carbocycles. The standard InChI is InChI=1S/C48H28N4S/c1-2-12-32-29(11-1)22-25-43-46(32)37-28-31(51-40-18-8-3-13-33(40)34-14-4-9-19-41(34)51)23-26-42(37)52(43)48-47(49-38-16-6-7-17-39(38)50-48)30-21-24-36-35-15-5-10-20-44(35)53-45(36)27-30/h1-28H. The molecule has 0 atom stereocenters. The summed E-state index contributed by atoms with van der Waals surface area (Å²) in [6.45, 7) is 0. The maximum absolute atomic E-state index is 5.45. The van der Waals surface area contributed by atoms with E-state index in [4.69, 9.17) is 9.97 Å².